The van der Waals surface area contributed by atoms with Crippen molar-refractivity contribution >= 4 is 23.3 Å². The standard InChI is InChI=1S/C13H22N6O2/c1-13(20)2-3-19(8-13)11-9(14)10(15)16-12(17-11)18-4-6-21-7-5-18/h20H,2-8,14H2,1H3,(H2,15,16,17)/t13-/m0/s1. The number of rotatable bonds is 2. The summed E-state index contributed by atoms with van der Waals surface area (Å²) in [6, 6.07) is 0. The largest absolute Gasteiger partial charge is 0.393 e. The maximum atomic E-state index is 10.1. The van der Waals surface area contributed by atoms with Gasteiger partial charge in [-0.05, 0) is 13.3 Å². The van der Waals surface area contributed by atoms with Crippen LogP contribution < -0.4 is 21.3 Å². The minimum atomic E-state index is -0.717. The number of aliphatic hydroxyl groups is 1. The summed E-state index contributed by atoms with van der Waals surface area (Å²) < 4.78 is 5.34. The van der Waals surface area contributed by atoms with E-state index in [2.05, 4.69) is 9.97 Å². The second kappa shape index (κ2) is 5.19. The molecule has 2 aliphatic heterocycles. The molecule has 0 unspecified atom stereocenters. The number of hydrogen-bond acceptors (Lipinski definition) is 8. The van der Waals surface area contributed by atoms with Crippen molar-refractivity contribution in [1.29, 1.82) is 0 Å². The highest BCUT2D eigenvalue weighted by molar-refractivity contribution is 5.75. The van der Waals surface area contributed by atoms with E-state index in [1.54, 1.807) is 0 Å². The van der Waals surface area contributed by atoms with Gasteiger partial charge in [0, 0.05) is 26.2 Å². The minimum absolute atomic E-state index is 0.285. The van der Waals surface area contributed by atoms with Gasteiger partial charge in [0.05, 0.1) is 18.8 Å². The van der Waals surface area contributed by atoms with E-state index in [-0.39, 0.29) is 5.82 Å². The lowest BCUT2D eigenvalue weighted by molar-refractivity contribution is 0.0839. The molecule has 116 valence electrons. The highest BCUT2D eigenvalue weighted by Crippen LogP contribution is 2.33. The first kappa shape index (κ1) is 14.2. The molecule has 2 aliphatic rings. The van der Waals surface area contributed by atoms with Crippen molar-refractivity contribution in [1.82, 2.24) is 9.97 Å². The molecular weight excluding hydrogens is 272 g/mol. The Balaban J connectivity index is 1.90. The molecule has 2 saturated heterocycles. The molecule has 1 atom stereocenters. The van der Waals surface area contributed by atoms with Crippen LogP contribution in [0, 0.1) is 0 Å². The van der Waals surface area contributed by atoms with Crippen molar-refractivity contribution in [2.24, 2.45) is 0 Å². The van der Waals surface area contributed by atoms with E-state index in [4.69, 9.17) is 16.2 Å². The van der Waals surface area contributed by atoms with Crippen LogP contribution in [0.5, 0.6) is 0 Å². The van der Waals surface area contributed by atoms with Gasteiger partial charge in [-0.1, -0.05) is 0 Å². The van der Waals surface area contributed by atoms with Gasteiger partial charge in [0.25, 0.3) is 0 Å². The van der Waals surface area contributed by atoms with E-state index in [0.29, 0.717) is 50.2 Å². The molecule has 0 spiro atoms. The van der Waals surface area contributed by atoms with Crippen LogP contribution in [0.2, 0.25) is 0 Å². The summed E-state index contributed by atoms with van der Waals surface area (Å²) >= 11 is 0. The van der Waals surface area contributed by atoms with Crippen LogP contribution in [0.1, 0.15) is 13.3 Å². The highest BCUT2D eigenvalue weighted by Gasteiger charge is 2.33. The Morgan fingerprint density at radius 2 is 1.86 bits per heavy atom. The van der Waals surface area contributed by atoms with Crippen molar-refractivity contribution < 1.29 is 9.84 Å². The third kappa shape index (κ3) is 2.81. The van der Waals surface area contributed by atoms with Crippen molar-refractivity contribution in [2.45, 2.75) is 18.9 Å². The fourth-order valence-electron chi connectivity index (χ4n) is 2.73. The van der Waals surface area contributed by atoms with E-state index in [1.165, 1.54) is 0 Å². The van der Waals surface area contributed by atoms with Gasteiger partial charge in [0.1, 0.15) is 5.69 Å². The number of anilines is 4. The van der Waals surface area contributed by atoms with Crippen LogP contribution in [-0.2, 0) is 4.74 Å². The molecule has 2 fully saturated rings. The van der Waals surface area contributed by atoms with Crippen molar-refractivity contribution in [3.05, 3.63) is 0 Å². The zero-order chi connectivity index (χ0) is 15.0. The van der Waals surface area contributed by atoms with Crippen molar-refractivity contribution in [3.8, 4) is 0 Å². The van der Waals surface area contributed by atoms with Crippen molar-refractivity contribution in [2.75, 3.05) is 60.7 Å². The molecule has 5 N–H and O–H groups in total. The molecular formula is C13H22N6O2. The summed E-state index contributed by atoms with van der Waals surface area (Å²) in [6.07, 6.45) is 0.684. The Bertz CT molecular complexity index is 530. The lowest BCUT2D eigenvalue weighted by Gasteiger charge is -2.29. The molecule has 1 aromatic rings. The summed E-state index contributed by atoms with van der Waals surface area (Å²) in [5.41, 5.74) is 11.6. The van der Waals surface area contributed by atoms with Gasteiger partial charge in [-0.25, -0.2) is 0 Å². The van der Waals surface area contributed by atoms with Gasteiger partial charge in [-0.2, -0.15) is 9.97 Å². The summed E-state index contributed by atoms with van der Waals surface area (Å²) in [4.78, 5) is 12.9. The molecule has 0 amide bonds. The van der Waals surface area contributed by atoms with Crippen LogP contribution in [0.15, 0.2) is 0 Å². The smallest absolute Gasteiger partial charge is 0.229 e. The molecule has 0 aliphatic carbocycles. The Morgan fingerprint density at radius 3 is 2.48 bits per heavy atom. The molecule has 8 nitrogen and oxygen atoms in total. The van der Waals surface area contributed by atoms with Gasteiger partial charge in [-0.15, -0.1) is 0 Å². The first-order valence-electron chi connectivity index (χ1n) is 7.19. The van der Waals surface area contributed by atoms with E-state index < -0.39 is 5.60 Å². The van der Waals surface area contributed by atoms with E-state index in [1.807, 2.05) is 16.7 Å². The molecule has 0 radical (unpaired) electrons. The van der Waals surface area contributed by atoms with Crippen LogP contribution in [0.25, 0.3) is 0 Å². The first-order valence-corrected chi connectivity index (χ1v) is 7.19. The van der Waals surface area contributed by atoms with E-state index >= 15 is 0 Å². The number of hydrogen-bond donors (Lipinski definition) is 3. The number of ether oxygens (including phenoxy) is 1. The van der Waals surface area contributed by atoms with Gasteiger partial charge >= 0.3 is 0 Å². The van der Waals surface area contributed by atoms with Crippen molar-refractivity contribution in [3.63, 3.8) is 0 Å². The number of aromatic nitrogens is 2. The second-order valence-electron chi connectivity index (χ2n) is 5.91. The predicted octanol–water partition coefficient (Wildman–Crippen LogP) is -0.561. The zero-order valence-corrected chi connectivity index (χ0v) is 12.2. The molecule has 0 saturated carbocycles. The van der Waals surface area contributed by atoms with Gasteiger partial charge in [0.15, 0.2) is 11.6 Å². The van der Waals surface area contributed by atoms with Gasteiger partial charge in [0.2, 0.25) is 5.95 Å². The number of nitrogens with two attached hydrogens (primary N) is 2. The summed E-state index contributed by atoms with van der Waals surface area (Å²) in [5, 5.41) is 10.1. The monoisotopic (exact) mass is 294 g/mol. The summed E-state index contributed by atoms with van der Waals surface area (Å²) in [7, 11) is 0. The minimum Gasteiger partial charge on any atom is -0.393 e. The third-order valence-electron chi connectivity index (χ3n) is 3.99. The zero-order valence-electron chi connectivity index (χ0n) is 12.2. The topological polar surface area (TPSA) is 114 Å². The Morgan fingerprint density at radius 1 is 1.14 bits per heavy atom. The number of nitrogen functional groups attached to an aromatic ring is 2. The van der Waals surface area contributed by atoms with Gasteiger partial charge < -0.3 is 31.1 Å². The fraction of sp³-hybridized carbons (Fsp3) is 0.692. The van der Waals surface area contributed by atoms with Crippen LogP contribution in [-0.4, -0.2) is 60.1 Å². The first-order chi connectivity index (χ1) is 9.96. The number of nitrogens with zero attached hydrogens (tertiary/aromatic N) is 4. The van der Waals surface area contributed by atoms with E-state index in [9.17, 15) is 5.11 Å². The highest BCUT2D eigenvalue weighted by atomic mass is 16.5. The molecule has 1 aromatic heterocycles. The Hall–Kier alpha value is -1.80. The van der Waals surface area contributed by atoms with Crippen LogP contribution in [0.4, 0.5) is 23.3 Å². The van der Waals surface area contributed by atoms with Crippen LogP contribution >= 0.6 is 0 Å². The molecule has 21 heavy (non-hydrogen) atoms. The summed E-state index contributed by atoms with van der Waals surface area (Å²) in [6.45, 7) is 5.80. The molecule has 0 aromatic carbocycles. The number of β-amino-alcohol motifs (C(OH)–C–C–N with tert-alkyl or cyclic N) is 1. The maximum Gasteiger partial charge on any atom is 0.229 e. The second-order valence-corrected chi connectivity index (χ2v) is 5.91. The lowest BCUT2D eigenvalue weighted by Crippen LogP contribution is -2.38. The molecule has 0 bridgehead atoms. The quantitative estimate of drug-likeness (QED) is 0.665. The SMILES string of the molecule is C[C@]1(O)CCN(c2nc(N3CCOCC3)nc(N)c2N)C1. The fourth-order valence-corrected chi connectivity index (χ4v) is 2.73. The normalized spacial score (nSPS) is 26.4. The van der Waals surface area contributed by atoms with Crippen LogP contribution in [0.3, 0.4) is 0 Å². The summed E-state index contributed by atoms with van der Waals surface area (Å²) in [5.74, 6) is 1.47. The average Bonchev–Trinajstić information content (AvgIpc) is 2.83. The third-order valence-corrected chi connectivity index (χ3v) is 3.99. The molecule has 8 heteroatoms. The number of morpholine rings is 1. The lowest BCUT2D eigenvalue weighted by atomic mass is 10.1. The molecule has 3 rings (SSSR count). The van der Waals surface area contributed by atoms with E-state index in [0.717, 1.165) is 13.1 Å². The maximum absolute atomic E-state index is 10.1. The predicted molar refractivity (Wildman–Crippen MR) is 81.3 cm³/mol. The Labute approximate surface area is 123 Å². The average molecular weight is 294 g/mol. The molecule has 3 heterocycles. The van der Waals surface area contributed by atoms with Gasteiger partial charge in [-0.3, -0.25) is 0 Å². The Kier molecular flexibility index (Phi) is 3.50.